The van der Waals surface area contributed by atoms with Crippen molar-refractivity contribution in [3.63, 3.8) is 0 Å². The molecule has 3 aliphatic rings. The van der Waals surface area contributed by atoms with E-state index in [4.69, 9.17) is 9.47 Å². The van der Waals surface area contributed by atoms with Crippen molar-refractivity contribution in [1.82, 2.24) is 15.1 Å². The fraction of sp³-hybridized carbons (Fsp3) is 0.632. The Labute approximate surface area is 165 Å². The molecule has 2 atom stereocenters. The molecule has 29 heavy (non-hydrogen) atoms. The van der Waals surface area contributed by atoms with Crippen LogP contribution in [0.15, 0.2) is 18.2 Å². The summed E-state index contributed by atoms with van der Waals surface area (Å²) in [5.41, 5.74) is -0.964. The summed E-state index contributed by atoms with van der Waals surface area (Å²) in [5, 5.41) is 3.38. The lowest BCUT2D eigenvalue weighted by molar-refractivity contribution is -0.137. The van der Waals surface area contributed by atoms with Crippen molar-refractivity contribution in [3.05, 3.63) is 35.1 Å². The maximum absolute atomic E-state index is 13.9. The highest BCUT2D eigenvalue weighted by Gasteiger charge is 2.39. The Morgan fingerprint density at radius 1 is 1.24 bits per heavy atom. The van der Waals surface area contributed by atoms with Crippen molar-refractivity contribution in [1.29, 1.82) is 0 Å². The minimum Gasteiger partial charge on any atom is -0.375 e. The molecule has 1 aromatic rings. The van der Waals surface area contributed by atoms with Crippen molar-refractivity contribution in [2.24, 2.45) is 0 Å². The summed E-state index contributed by atoms with van der Waals surface area (Å²) in [6.07, 6.45) is -3.89. The van der Waals surface area contributed by atoms with E-state index in [0.717, 1.165) is 25.1 Å². The van der Waals surface area contributed by atoms with E-state index in [-0.39, 0.29) is 36.5 Å². The third-order valence-electron chi connectivity index (χ3n) is 5.63. The van der Waals surface area contributed by atoms with Crippen molar-refractivity contribution >= 4 is 6.03 Å². The van der Waals surface area contributed by atoms with Gasteiger partial charge in [-0.3, -0.25) is 0 Å². The first-order valence-electron chi connectivity index (χ1n) is 9.67. The van der Waals surface area contributed by atoms with Crippen molar-refractivity contribution in [2.45, 2.75) is 37.5 Å². The van der Waals surface area contributed by atoms with Gasteiger partial charge < -0.3 is 24.6 Å². The second kappa shape index (κ2) is 8.08. The fourth-order valence-corrected chi connectivity index (χ4v) is 3.90. The zero-order chi connectivity index (χ0) is 20.6. The van der Waals surface area contributed by atoms with Crippen LogP contribution in [0.3, 0.4) is 0 Å². The molecule has 3 fully saturated rings. The van der Waals surface area contributed by atoms with Gasteiger partial charge >= 0.3 is 12.2 Å². The highest BCUT2D eigenvalue weighted by molar-refractivity contribution is 5.75. The summed E-state index contributed by atoms with van der Waals surface area (Å²) in [4.78, 5) is 16.1. The Kier molecular flexibility index (Phi) is 5.67. The predicted octanol–water partition coefficient (Wildman–Crippen LogP) is 2.23. The van der Waals surface area contributed by atoms with Gasteiger partial charge in [0.2, 0.25) is 0 Å². The van der Waals surface area contributed by atoms with Crippen LogP contribution in [0, 0.1) is 5.82 Å². The zero-order valence-electron chi connectivity index (χ0n) is 15.8. The number of morpholine rings is 1. The number of nitrogens with one attached hydrogen (secondary N) is 1. The van der Waals surface area contributed by atoms with E-state index in [1.807, 2.05) is 0 Å². The highest BCUT2D eigenvalue weighted by atomic mass is 19.4. The first-order chi connectivity index (χ1) is 13.8. The number of fused-ring (bicyclic) bond motifs is 1. The molecule has 0 aromatic heterocycles. The molecule has 0 aliphatic carbocycles. The van der Waals surface area contributed by atoms with Crippen LogP contribution in [-0.2, 0) is 22.3 Å². The van der Waals surface area contributed by atoms with Gasteiger partial charge in [-0.15, -0.1) is 0 Å². The Bertz CT molecular complexity index is 755. The van der Waals surface area contributed by atoms with E-state index in [2.05, 4.69) is 5.32 Å². The summed E-state index contributed by atoms with van der Waals surface area (Å²) in [7, 11) is 0. The Hall–Kier alpha value is -1.91. The van der Waals surface area contributed by atoms with Crippen LogP contribution in [0.2, 0.25) is 0 Å². The maximum atomic E-state index is 13.9. The summed E-state index contributed by atoms with van der Waals surface area (Å²) < 4.78 is 62.9. The van der Waals surface area contributed by atoms with E-state index in [9.17, 15) is 22.4 Å². The van der Waals surface area contributed by atoms with E-state index >= 15 is 0 Å². The van der Waals surface area contributed by atoms with Gasteiger partial charge in [-0.1, -0.05) is 6.07 Å². The number of carbonyl (C=O) groups excluding carboxylic acids is 1. The molecule has 0 bridgehead atoms. The average Bonchev–Trinajstić information content (AvgIpc) is 2.66. The van der Waals surface area contributed by atoms with Crippen LogP contribution >= 0.6 is 0 Å². The summed E-state index contributed by atoms with van der Waals surface area (Å²) in [6.45, 7) is 3.35. The van der Waals surface area contributed by atoms with Gasteiger partial charge in [0, 0.05) is 25.2 Å². The van der Waals surface area contributed by atoms with Crippen LogP contribution in [-0.4, -0.2) is 73.4 Å². The minimum atomic E-state index is -4.58. The standard InChI is InChI=1S/C19H23F4N3O3/c20-15-7-13(19(21,22)23)2-1-12(15)11-29-14-8-26(9-14)18(27)25-5-3-17-16(10-25)24-4-6-28-17/h1-2,7,14,16-17,24H,3-6,8-11H2. The third kappa shape index (κ3) is 4.49. The van der Waals surface area contributed by atoms with Crippen molar-refractivity contribution < 1.29 is 31.8 Å². The van der Waals surface area contributed by atoms with Crippen LogP contribution in [0.1, 0.15) is 17.5 Å². The monoisotopic (exact) mass is 417 g/mol. The van der Waals surface area contributed by atoms with Crippen LogP contribution in [0.4, 0.5) is 22.4 Å². The third-order valence-corrected chi connectivity index (χ3v) is 5.63. The van der Waals surface area contributed by atoms with E-state index in [1.165, 1.54) is 0 Å². The predicted molar refractivity (Wildman–Crippen MR) is 94.7 cm³/mol. The molecule has 1 N–H and O–H groups in total. The largest absolute Gasteiger partial charge is 0.416 e. The number of amides is 2. The molecule has 160 valence electrons. The molecular formula is C19H23F4N3O3. The number of piperidine rings is 1. The molecule has 2 amide bonds. The first kappa shape index (κ1) is 20.4. The molecule has 0 saturated carbocycles. The van der Waals surface area contributed by atoms with Gasteiger partial charge in [0.15, 0.2) is 0 Å². The number of likely N-dealkylation sites (tertiary alicyclic amines) is 2. The number of hydrogen-bond acceptors (Lipinski definition) is 4. The quantitative estimate of drug-likeness (QED) is 0.767. The van der Waals surface area contributed by atoms with Gasteiger partial charge in [0.25, 0.3) is 0 Å². The van der Waals surface area contributed by atoms with E-state index < -0.39 is 17.6 Å². The zero-order valence-corrected chi connectivity index (χ0v) is 15.8. The van der Waals surface area contributed by atoms with Crippen LogP contribution in [0.5, 0.6) is 0 Å². The number of halogens is 4. The molecule has 10 heteroatoms. The topological polar surface area (TPSA) is 54.0 Å². The molecule has 3 heterocycles. The number of carbonyl (C=O) groups is 1. The normalized spacial score (nSPS) is 25.5. The van der Waals surface area contributed by atoms with Crippen LogP contribution < -0.4 is 5.32 Å². The number of ether oxygens (including phenoxy) is 2. The highest BCUT2D eigenvalue weighted by Crippen LogP contribution is 2.30. The summed E-state index contributed by atoms with van der Waals surface area (Å²) in [5.74, 6) is -0.947. The molecular weight excluding hydrogens is 394 g/mol. The molecule has 3 aliphatic heterocycles. The van der Waals surface area contributed by atoms with Crippen LogP contribution in [0.25, 0.3) is 0 Å². The molecule has 0 spiro atoms. The number of benzene rings is 1. The smallest absolute Gasteiger partial charge is 0.375 e. The Morgan fingerprint density at radius 3 is 2.76 bits per heavy atom. The minimum absolute atomic E-state index is 0.0589. The van der Waals surface area contributed by atoms with Gasteiger partial charge in [0.05, 0.1) is 50.1 Å². The second-order valence-corrected chi connectivity index (χ2v) is 7.63. The van der Waals surface area contributed by atoms with Gasteiger partial charge in [-0.2, -0.15) is 13.2 Å². The van der Waals surface area contributed by atoms with E-state index in [1.54, 1.807) is 9.80 Å². The molecule has 3 saturated heterocycles. The summed E-state index contributed by atoms with van der Waals surface area (Å²) >= 11 is 0. The van der Waals surface area contributed by atoms with Crippen molar-refractivity contribution in [2.75, 3.05) is 39.3 Å². The van der Waals surface area contributed by atoms with Crippen molar-refractivity contribution in [3.8, 4) is 0 Å². The number of urea groups is 1. The van der Waals surface area contributed by atoms with Gasteiger partial charge in [0.1, 0.15) is 5.82 Å². The Balaban J connectivity index is 1.23. The SMILES string of the molecule is O=C(N1CC(OCc2ccc(C(F)(F)F)cc2F)C1)N1CCC2OCCNC2C1. The molecule has 1 aromatic carbocycles. The Morgan fingerprint density at radius 2 is 2.03 bits per heavy atom. The lowest BCUT2D eigenvalue weighted by Gasteiger charge is -2.46. The molecule has 6 nitrogen and oxygen atoms in total. The maximum Gasteiger partial charge on any atom is 0.416 e. The number of hydrogen-bond donors (Lipinski definition) is 1. The lowest BCUT2D eigenvalue weighted by Crippen LogP contribution is -2.64. The number of rotatable bonds is 3. The first-order valence-corrected chi connectivity index (χ1v) is 9.67. The molecule has 4 rings (SSSR count). The summed E-state index contributed by atoms with van der Waals surface area (Å²) in [6, 6.07) is 2.49. The van der Waals surface area contributed by atoms with E-state index in [0.29, 0.717) is 38.9 Å². The lowest BCUT2D eigenvalue weighted by atomic mass is 10.0. The average molecular weight is 417 g/mol. The molecule has 2 unspecified atom stereocenters. The second-order valence-electron chi connectivity index (χ2n) is 7.63. The van der Waals surface area contributed by atoms with Gasteiger partial charge in [-0.05, 0) is 18.6 Å². The van der Waals surface area contributed by atoms with Gasteiger partial charge in [-0.25, -0.2) is 9.18 Å². The number of alkyl halides is 3. The fourth-order valence-electron chi connectivity index (χ4n) is 3.90. The number of nitrogens with zero attached hydrogens (tertiary/aromatic N) is 2. The molecule has 0 radical (unpaired) electrons.